The summed E-state index contributed by atoms with van der Waals surface area (Å²) in [6, 6.07) is 75.6. The molecule has 1 aliphatic heterocycles. The van der Waals surface area contributed by atoms with Crippen LogP contribution in [0.2, 0.25) is 0 Å². The van der Waals surface area contributed by atoms with Crippen LogP contribution in [0.3, 0.4) is 0 Å². The topological polar surface area (TPSA) is 50.4 Å². The molecule has 4 heteroatoms. The number of hydrogen-bond donors (Lipinski definition) is 1. The molecule has 0 saturated heterocycles. The molecule has 326 valence electrons. The minimum Gasteiger partial charge on any atom is -0.456 e. The van der Waals surface area contributed by atoms with Crippen LogP contribution < -0.4 is 5.32 Å². The smallest absolute Gasteiger partial charge is 0.136 e. The molecule has 0 fully saturated rings. The number of fused-ring (bicyclic) bond motifs is 6. The first-order chi connectivity index (χ1) is 34.2. The van der Waals surface area contributed by atoms with E-state index < -0.39 is 0 Å². The van der Waals surface area contributed by atoms with Gasteiger partial charge >= 0.3 is 0 Å². The average molecular weight is 884 g/mol. The van der Waals surface area contributed by atoms with Crippen molar-refractivity contribution in [1.82, 2.24) is 10.3 Å². The Balaban J connectivity index is 0.914. The van der Waals surface area contributed by atoms with E-state index in [2.05, 4.69) is 236 Å². The normalized spacial score (nSPS) is 14.7. The Labute approximate surface area is 401 Å². The number of para-hydroxylation sites is 2. The molecule has 9 aromatic carbocycles. The zero-order valence-electron chi connectivity index (χ0n) is 37.8. The Morgan fingerprint density at radius 3 is 1.86 bits per heavy atom. The third-order valence-corrected chi connectivity index (χ3v) is 13.8. The predicted molar refractivity (Wildman–Crippen MR) is 288 cm³/mol. The molecular weight excluding hydrogens is 839 g/mol. The predicted octanol–water partition coefficient (Wildman–Crippen LogP) is 16.8. The van der Waals surface area contributed by atoms with Crippen LogP contribution >= 0.6 is 0 Å². The van der Waals surface area contributed by atoms with E-state index in [0.717, 1.165) is 107 Å². The monoisotopic (exact) mass is 883 g/mol. The van der Waals surface area contributed by atoms with Crippen molar-refractivity contribution in [2.45, 2.75) is 18.9 Å². The number of hydrogen-bond acceptors (Lipinski definition) is 4. The largest absolute Gasteiger partial charge is 0.456 e. The molecule has 4 nitrogen and oxygen atoms in total. The van der Waals surface area contributed by atoms with Gasteiger partial charge in [-0.3, -0.25) is 0 Å². The third-order valence-electron chi connectivity index (χ3n) is 13.8. The van der Waals surface area contributed by atoms with Crippen molar-refractivity contribution in [2.24, 2.45) is 4.99 Å². The standard InChI is InChI=1S/C65H45N3O/c1-4-16-42(17-5-1)44-30-34-46(35-31-44)57-41-58(47-36-32-45(33-37-47)43-18-6-2-7-19-43)68-65(67-57)52-25-15-23-50(39-52)49-22-14-24-51(38-49)64-55-40-60-63(54-27-11-13-29-59(54)69-60)61(48-20-8-3-9-21-48)62(55)53-26-10-12-28-56(53)66-64/h1-6,8-18,20-41,58H,7,19H2,(H,67,68). The van der Waals surface area contributed by atoms with E-state index in [1.165, 1.54) is 33.2 Å². The molecule has 0 radical (unpaired) electrons. The third kappa shape index (κ3) is 7.44. The first kappa shape index (κ1) is 40.4. The molecule has 2 aliphatic rings. The van der Waals surface area contributed by atoms with E-state index in [1.807, 2.05) is 6.07 Å². The van der Waals surface area contributed by atoms with Gasteiger partial charge in [-0.1, -0.05) is 200 Å². The van der Waals surface area contributed by atoms with Gasteiger partial charge in [0.15, 0.2) is 0 Å². The highest BCUT2D eigenvalue weighted by atomic mass is 16.3. The number of pyridine rings is 1. The highest BCUT2D eigenvalue weighted by Gasteiger charge is 2.23. The molecular formula is C65H45N3O. The summed E-state index contributed by atoms with van der Waals surface area (Å²) in [4.78, 5) is 10.8. The molecule has 0 bridgehead atoms. The summed E-state index contributed by atoms with van der Waals surface area (Å²) < 4.78 is 6.66. The lowest BCUT2D eigenvalue weighted by Crippen LogP contribution is -2.31. The first-order valence-electron chi connectivity index (χ1n) is 23.8. The number of furan rings is 1. The Morgan fingerprint density at radius 1 is 0.464 bits per heavy atom. The fourth-order valence-corrected chi connectivity index (χ4v) is 10.4. The van der Waals surface area contributed by atoms with E-state index in [-0.39, 0.29) is 6.04 Å². The fourth-order valence-electron chi connectivity index (χ4n) is 10.4. The second-order valence-corrected chi connectivity index (χ2v) is 18.0. The Hall–Kier alpha value is -8.86. The minimum atomic E-state index is -0.0891. The van der Waals surface area contributed by atoms with Crippen molar-refractivity contribution < 1.29 is 4.42 Å². The number of nitrogens with zero attached hydrogens (tertiary/aromatic N) is 2. The summed E-state index contributed by atoms with van der Waals surface area (Å²) in [6.07, 6.45) is 11.0. The molecule has 0 saturated carbocycles. The van der Waals surface area contributed by atoms with E-state index in [9.17, 15) is 0 Å². The van der Waals surface area contributed by atoms with Gasteiger partial charge in [0, 0.05) is 43.6 Å². The molecule has 1 atom stereocenters. The van der Waals surface area contributed by atoms with Crippen molar-refractivity contribution in [3.63, 3.8) is 0 Å². The van der Waals surface area contributed by atoms with E-state index in [1.54, 1.807) is 0 Å². The number of aliphatic imine (C=N–C) groups is 1. The SMILES string of the molecule is C1=CCCC(c2ccc(C3C=C(c4ccc(-c5ccccc5)cc4)N=C(c4cccc(-c5cccc(-c6nc7ccccc7c7c(-c8ccccc8)c8c(cc67)oc6ccccc68)c5)c4)N3)cc2)=C1. The summed E-state index contributed by atoms with van der Waals surface area (Å²) in [7, 11) is 0. The average Bonchev–Trinajstić information content (AvgIpc) is 3.81. The number of nitrogens with one attached hydrogen (secondary N) is 1. The molecule has 13 rings (SSSR count). The molecule has 2 aromatic heterocycles. The van der Waals surface area contributed by atoms with Gasteiger partial charge in [0.25, 0.3) is 0 Å². The van der Waals surface area contributed by atoms with Crippen LogP contribution in [0, 0.1) is 0 Å². The second kappa shape index (κ2) is 17.1. The number of allylic oxidation sites excluding steroid dienone is 4. The Kier molecular flexibility index (Phi) is 10.0. The van der Waals surface area contributed by atoms with Crippen LogP contribution in [0.15, 0.2) is 246 Å². The highest BCUT2D eigenvalue weighted by Crippen LogP contribution is 2.46. The van der Waals surface area contributed by atoms with Gasteiger partial charge in [-0.2, -0.15) is 0 Å². The van der Waals surface area contributed by atoms with Gasteiger partial charge in [0.2, 0.25) is 0 Å². The minimum absolute atomic E-state index is 0.0891. The van der Waals surface area contributed by atoms with Crippen molar-refractivity contribution in [1.29, 1.82) is 0 Å². The lowest BCUT2D eigenvalue weighted by molar-refractivity contribution is 0.669. The van der Waals surface area contributed by atoms with Gasteiger partial charge in [0.05, 0.1) is 22.9 Å². The fraction of sp³-hybridized carbons (Fsp3) is 0.0462. The van der Waals surface area contributed by atoms with Crippen molar-refractivity contribution >= 4 is 60.7 Å². The van der Waals surface area contributed by atoms with Crippen LogP contribution in [0.1, 0.15) is 41.1 Å². The molecule has 1 N–H and O–H groups in total. The summed E-state index contributed by atoms with van der Waals surface area (Å²) in [5.41, 5.74) is 18.3. The summed E-state index contributed by atoms with van der Waals surface area (Å²) >= 11 is 0. The Bertz CT molecular complexity index is 3900. The molecule has 0 spiro atoms. The number of amidine groups is 1. The van der Waals surface area contributed by atoms with Gasteiger partial charge in [0.1, 0.15) is 17.0 Å². The van der Waals surface area contributed by atoms with Gasteiger partial charge in [-0.05, 0) is 99.3 Å². The summed E-state index contributed by atoms with van der Waals surface area (Å²) in [5.74, 6) is 0.831. The number of aromatic nitrogens is 1. The second-order valence-electron chi connectivity index (χ2n) is 18.0. The summed E-state index contributed by atoms with van der Waals surface area (Å²) in [5, 5.41) is 9.40. The number of rotatable bonds is 8. The molecule has 69 heavy (non-hydrogen) atoms. The van der Waals surface area contributed by atoms with E-state index >= 15 is 0 Å². The zero-order valence-corrected chi connectivity index (χ0v) is 37.8. The molecule has 11 aromatic rings. The maximum Gasteiger partial charge on any atom is 0.136 e. The Morgan fingerprint density at radius 2 is 1.09 bits per heavy atom. The molecule has 0 amide bonds. The van der Waals surface area contributed by atoms with Crippen LogP contribution in [0.4, 0.5) is 0 Å². The quantitative estimate of drug-likeness (QED) is 0.155. The van der Waals surface area contributed by atoms with Crippen LogP contribution in [-0.2, 0) is 0 Å². The van der Waals surface area contributed by atoms with Gasteiger partial charge in [-0.15, -0.1) is 0 Å². The van der Waals surface area contributed by atoms with E-state index in [4.69, 9.17) is 14.4 Å². The van der Waals surface area contributed by atoms with Crippen LogP contribution in [-0.4, -0.2) is 10.8 Å². The van der Waals surface area contributed by atoms with Crippen LogP contribution in [0.25, 0.3) is 99.5 Å². The highest BCUT2D eigenvalue weighted by molar-refractivity contribution is 6.27. The molecule has 3 heterocycles. The van der Waals surface area contributed by atoms with Gasteiger partial charge < -0.3 is 9.73 Å². The van der Waals surface area contributed by atoms with Gasteiger partial charge in [-0.25, -0.2) is 9.98 Å². The maximum absolute atomic E-state index is 6.66. The maximum atomic E-state index is 6.66. The van der Waals surface area contributed by atoms with Crippen molar-refractivity contribution in [3.05, 3.63) is 259 Å². The lowest BCUT2D eigenvalue weighted by Gasteiger charge is -2.25. The van der Waals surface area contributed by atoms with Crippen molar-refractivity contribution in [3.8, 4) is 44.6 Å². The van der Waals surface area contributed by atoms with E-state index in [0.29, 0.717) is 0 Å². The lowest BCUT2D eigenvalue weighted by atomic mass is 9.89. The molecule has 1 unspecified atom stereocenters. The molecule has 1 aliphatic carbocycles. The summed E-state index contributed by atoms with van der Waals surface area (Å²) in [6.45, 7) is 0. The van der Waals surface area contributed by atoms with Crippen molar-refractivity contribution in [2.75, 3.05) is 0 Å². The zero-order chi connectivity index (χ0) is 45.7. The van der Waals surface area contributed by atoms with Crippen LogP contribution in [0.5, 0.6) is 0 Å². The number of benzene rings is 9. The first-order valence-corrected chi connectivity index (χ1v) is 23.8.